The first-order valence-corrected chi connectivity index (χ1v) is 9.35. The van der Waals surface area contributed by atoms with Gasteiger partial charge in [-0.3, -0.25) is 9.78 Å². The van der Waals surface area contributed by atoms with E-state index in [1.807, 2.05) is 41.3 Å². The molecule has 26 heavy (non-hydrogen) atoms. The maximum absolute atomic E-state index is 12.8. The molecule has 1 atom stereocenters. The number of hydrogen-bond acceptors (Lipinski definition) is 4. The lowest BCUT2D eigenvalue weighted by atomic mass is 10.2. The molecule has 0 spiro atoms. The smallest absolute Gasteiger partial charge is 0.272 e. The van der Waals surface area contributed by atoms with Gasteiger partial charge in [0.1, 0.15) is 18.1 Å². The number of carbonyl (C=O) groups is 1. The van der Waals surface area contributed by atoms with Crippen molar-refractivity contribution in [3.05, 3.63) is 59.9 Å². The molecule has 1 saturated carbocycles. The summed E-state index contributed by atoms with van der Waals surface area (Å²) in [4.78, 5) is 19.0. The SMILES string of the molecule is O=C(c1ccccn1)N(Cc1cccc(OCC2CCCO2)c1)C1CC1. The van der Waals surface area contributed by atoms with E-state index in [1.165, 1.54) is 0 Å². The summed E-state index contributed by atoms with van der Waals surface area (Å²) in [7, 11) is 0. The highest BCUT2D eigenvalue weighted by molar-refractivity contribution is 5.92. The third kappa shape index (κ3) is 4.22. The van der Waals surface area contributed by atoms with Gasteiger partial charge in [0.25, 0.3) is 5.91 Å². The number of aromatic nitrogens is 1. The Balaban J connectivity index is 1.42. The Hall–Kier alpha value is -2.40. The third-order valence-corrected chi connectivity index (χ3v) is 4.84. The van der Waals surface area contributed by atoms with E-state index in [2.05, 4.69) is 4.98 Å². The molecule has 136 valence electrons. The highest BCUT2D eigenvalue weighted by Crippen LogP contribution is 2.30. The molecular formula is C21H24N2O3. The van der Waals surface area contributed by atoms with Crippen LogP contribution in [0.25, 0.3) is 0 Å². The Morgan fingerprint density at radius 2 is 2.12 bits per heavy atom. The second-order valence-corrected chi connectivity index (χ2v) is 6.97. The third-order valence-electron chi connectivity index (χ3n) is 4.84. The first kappa shape index (κ1) is 17.0. The van der Waals surface area contributed by atoms with E-state index in [0.717, 1.165) is 43.6 Å². The average Bonchev–Trinajstić information content (AvgIpc) is 3.40. The normalized spacial score (nSPS) is 19.3. The molecule has 1 aliphatic carbocycles. The number of amides is 1. The van der Waals surface area contributed by atoms with Crippen molar-refractivity contribution in [1.82, 2.24) is 9.88 Å². The fourth-order valence-corrected chi connectivity index (χ4v) is 3.28. The van der Waals surface area contributed by atoms with Crippen LogP contribution in [0.4, 0.5) is 0 Å². The fraction of sp³-hybridized carbons (Fsp3) is 0.429. The van der Waals surface area contributed by atoms with Gasteiger partial charge in [-0.25, -0.2) is 0 Å². The zero-order valence-electron chi connectivity index (χ0n) is 14.8. The molecule has 2 heterocycles. The largest absolute Gasteiger partial charge is 0.491 e. The van der Waals surface area contributed by atoms with E-state index in [0.29, 0.717) is 24.9 Å². The van der Waals surface area contributed by atoms with Gasteiger partial charge in [-0.05, 0) is 55.5 Å². The van der Waals surface area contributed by atoms with Gasteiger partial charge in [-0.1, -0.05) is 18.2 Å². The summed E-state index contributed by atoms with van der Waals surface area (Å²) in [5.41, 5.74) is 1.58. The summed E-state index contributed by atoms with van der Waals surface area (Å²) in [5.74, 6) is 0.831. The molecule has 1 unspecified atom stereocenters. The van der Waals surface area contributed by atoms with E-state index < -0.39 is 0 Å². The van der Waals surface area contributed by atoms with Gasteiger partial charge in [0.15, 0.2) is 0 Å². The minimum atomic E-state index is -0.00113. The summed E-state index contributed by atoms with van der Waals surface area (Å²) >= 11 is 0. The zero-order chi connectivity index (χ0) is 17.8. The second-order valence-electron chi connectivity index (χ2n) is 6.97. The van der Waals surface area contributed by atoms with Crippen molar-refractivity contribution < 1.29 is 14.3 Å². The predicted molar refractivity (Wildman–Crippen MR) is 98.0 cm³/mol. The molecule has 0 N–H and O–H groups in total. The first-order valence-electron chi connectivity index (χ1n) is 9.35. The highest BCUT2D eigenvalue weighted by Gasteiger charge is 2.33. The number of pyridine rings is 1. The lowest BCUT2D eigenvalue weighted by Gasteiger charge is -2.22. The van der Waals surface area contributed by atoms with E-state index in [4.69, 9.17) is 9.47 Å². The zero-order valence-corrected chi connectivity index (χ0v) is 14.8. The molecular weight excluding hydrogens is 328 g/mol. The van der Waals surface area contributed by atoms with E-state index in [1.54, 1.807) is 12.3 Å². The summed E-state index contributed by atoms with van der Waals surface area (Å²) < 4.78 is 11.5. The van der Waals surface area contributed by atoms with Crippen LogP contribution in [0.3, 0.4) is 0 Å². The molecule has 1 aliphatic heterocycles. The molecule has 4 rings (SSSR count). The van der Waals surface area contributed by atoms with Crippen molar-refractivity contribution in [2.45, 2.75) is 44.4 Å². The van der Waals surface area contributed by atoms with Crippen LogP contribution in [0.5, 0.6) is 5.75 Å². The molecule has 0 radical (unpaired) electrons. The molecule has 5 heteroatoms. The molecule has 2 aliphatic rings. The summed E-state index contributed by atoms with van der Waals surface area (Å²) in [6, 6.07) is 13.8. The first-order chi connectivity index (χ1) is 12.8. The van der Waals surface area contributed by atoms with Gasteiger partial charge < -0.3 is 14.4 Å². The van der Waals surface area contributed by atoms with E-state index in [9.17, 15) is 4.79 Å². The number of ether oxygens (including phenoxy) is 2. The highest BCUT2D eigenvalue weighted by atomic mass is 16.5. The Morgan fingerprint density at radius 1 is 1.19 bits per heavy atom. The Labute approximate surface area is 153 Å². The summed E-state index contributed by atoms with van der Waals surface area (Å²) in [6.45, 7) is 2.00. The lowest BCUT2D eigenvalue weighted by molar-refractivity contribution is 0.0678. The number of nitrogens with zero attached hydrogens (tertiary/aromatic N) is 2. The van der Waals surface area contributed by atoms with Crippen molar-refractivity contribution in [1.29, 1.82) is 0 Å². The van der Waals surface area contributed by atoms with E-state index >= 15 is 0 Å². The molecule has 2 fully saturated rings. The van der Waals surface area contributed by atoms with Gasteiger partial charge in [0.2, 0.25) is 0 Å². The van der Waals surface area contributed by atoms with Gasteiger partial charge in [-0.15, -0.1) is 0 Å². The van der Waals surface area contributed by atoms with Crippen LogP contribution in [-0.4, -0.2) is 41.2 Å². The predicted octanol–water partition coefficient (Wildman–Crippen LogP) is 3.44. The van der Waals surface area contributed by atoms with Crippen LogP contribution in [0.1, 0.15) is 41.7 Å². The second kappa shape index (κ2) is 7.87. The minimum absolute atomic E-state index is 0.00113. The van der Waals surface area contributed by atoms with Crippen molar-refractivity contribution >= 4 is 5.91 Å². The molecule has 5 nitrogen and oxygen atoms in total. The standard InChI is InChI=1S/C21H24N2O3/c24-21(20-8-1-2-11-22-20)23(17-9-10-17)14-16-5-3-6-18(13-16)26-15-19-7-4-12-25-19/h1-3,5-6,8,11,13,17,19H,4,7,9-10,12,14-15H2. The molecule has 1 saturated heterocycles. The Morgan fingerprint density at radius 3 is 2.85 bits per heavy atom. The van der Waals surface area contributed by atoms with Crippen LogP contribution in [0, 0.1) is 0 Å². The van der Waals surface area contributed by atoms with Crippen LogP contribution in [-0.2, 0) is 11.3 Å². The quantitative estimate of drug-likeness (QED) is 0.766. The molecule has 2 aromatic rings. The van der Waals surface area contributed by atoms with Crippen LogP contribution < -0.4 is 4.74 Å². The average molecular weight is 352 g/mol. The van der Waals surface area contributed by atoms with Crippen LogP contribution in [0.2, 0.25) is 0 Å². The topological polar surface area (TPSA) is 51.7 Å². The van der Waals surface area contributed by atoms with Crippen molar-refractivity contribution in [2.24, 2.45) is 0 Å². The van der Waals surface area contributed by atoms with Crippen molar-refractivity contribution in [3.8, 4) is 5.75 Å². The maximum atomic E-state index is 12.8. The number of benzene rings is 1. The molecule has 0 bridgehead atoms. The lowest BCUT2D eigenvalue weighted by Crippen LogP contribution is -2.33. The Kier molecular flexibility index (Phi) is 5.16. The van der Waals surface area contributed by atoms with Crippen LogP contribution in [0.15, 0.2) is 48.7 Å². The van der Waals surface area contributed by atoms with Crippen molar-refractivity contribution in [2.75, 3.05) is 13.2 Å². The summed E-state index contributed by atoms with van der Waals surface area (Å²) in [6.07, 6.45) is 6.17. The molecule has 1 aromatic carbocycles. The van der Waals surface area contributed by atoms with E-state index in [-0.39, 0.29) is 12.0 Å². The fourth-order valence-electron chi connectivity index (χ4n) is 3.28. The molecule has 1 aromatic heterocycles. The molecule has 1 amide bonds. The number of rotatable bonds is 7. The Bertz CT molecular complexity index is 740. The summed E-state index contributed by atoms with van der Waals surface area (Å²) in [5, 5.41) is 0. The van der Waals surface area contributed by atoms with Gasteiger partial charge in [0.05, 0.1) is 6.10 Å². The van der Waals surface area contributed by atoms with Gasteiger partial charge in [-0.2, -0.15) is 0 Å². The van der Waals surface area contributed by atoms with Gasteiger partial charge >= 0.3 is 0 Å². The van der Waals surface area contributed by atoms with Gasteiger partial charge in [0, 0.05) is 25.4 Å². The monoisotopic (exact) mass is 352 g/mol. The van der Waals surface area contributed by atoms with Crippen molar-refractivity contribution in [3.63, 3.8) is 0 Å². The van der Waals surface area contributed by atoms with Crippen LogP contribution >= 0.6 is 0 Å². The number of hydrogen-bond donors (Lipinski definition) is 0. The number of carbonyl (C=O) groups excluding carboxylic acids is 1. The minimum Gasteiger partial charge on any atom is -0.491 e. The maximum Gasteiger partial charge on any atom is 0.272 e.